The lowest BCUT2D eigenvalue weighted by atomic mass is 10.1. The fourth-order valence-electron chi connectivity index (χ4n) is 3.67. The number of carbonyl (C=O) groups excluding carboxylic acids is 2. The minimum Gasteiger partial charge on any atom is -0.358 e. The van der Waals surface area contributed by atoms with Crippen LogP contribution in [0.1, 0.15) is 26.4 Å². The number of piperazine rings is 1. The van der Waals surface area contributed by atoms with Crippen molar-refractivity contribution in [3.63, 3.8) is 0 Å². The molecule has 1 fully saturated rings. The number of aromatic nitrogens is 1. The van der Waals surface area contributed by atoms with Gasteiger partial charge in [-0.3, -0.25) is 9.59 Å². The largest absolute Gasteiger partial charge is 0.358 e. The first kappa shape index (κ1) is 19.1. The molecule has 29 heavy (non-hydrogen) atoms. The highest BCUT2D eigenvalue weighted by atomic mass is 19.1. The molecule has 0 spiro atoms. The third-order valence-electron chi connectivity index (χ3n) is 5.36. The Morgan fingerprint density at radius 3 is 2.41 bits per heavy atom. The number of nitrogens with one attached hydrogen (secondary N) is 2. The summed E-state index contributed by atoms with van der Waals surface area (Å²) in [6, 6.07) is 11.2. The van der Waals surface area contributed by atoms with E-state index in [4.69, 9.17) is 0 Å². The van der Waals surface area contributed by atoms with Gasteiger partial charge in [0.1, 0.15) is 5.82 Å². The zero-order chi connectivity index (χ0) is 20.5. The molecule has 0 bridgehead atoms. The second kappa shape index (κ2) is 7.67. The number of amides is 2. The van der Waals surface area contributed by atoms with Crippen molar-refractivity contribution in [2.45, 2.75) is 6.92 Å². The molecule has 1 aromatic heterocycles. The number of aromatic amines is 1. The molecule has 3 aromatic rings. The topological polar surface area (TPSA) is 68.4 Å². The first-order chi connectivity index (χ1) is 13.9. The third kappa shape index (κ3) is 3.86. The molecule has 0 aliphatic carbocycles. The van der Waals surface area contributed by atoms with Gasteiger partial charge in [0.15, 0.2) is 0 Å². The summed E-state index contributed by atoms with van der Waals surface area (Å²) in [5.74, 6) is -0.714. The van der Waals surface area contributed by atoms with Gasteiger partial charge in [0, 0.05) is 54.0 Å². The zero-order valence-electron chi connectivity index (χ0n) is 16.5. The summed E-state index contributed by atoms with van der Waals surface area (Å²) in [6.45, 7) is 4.94. The molecule has 150 valence electrons. The van der Waals surface area contributed by atoms with Gasteiger partial charge < -0.3 is 20.1 Å². The van der Waals surface area contributed by atoms with E-state index in [0.717, 1.165) is 13.1 Å². The number of nitrogens with zero attached hydrogens (tertiary/aromatic N) is 2. The van der Waals surface area contributed by atoms with E-state index in [9.17, 15) is 14.0 Å². The summed E-state index contributed by atoms with van der Waals surface area (Å²) in [5.41, 5.74) is 2.97. The number of H-pyrrole nitrogens is 1. The minimum atomic E-state index is -0.391. The predicted octanol–water partition coefficient (Wildman–Crippen LogP) is 3.26. The Bertz CT molecular complexity index is 1070. The SMILES string of the molecule is Cc1[nH]c2ccc(F)cc2c1C(=O)Nc1ccc(C(=O)N2CCN(C)CC2)cc1. The van der Waals surface area contributed by atoms with Gasteiger partial charge in [-0.2, -0.15) is 0 Å². The van der Waals surface area contributed by atoms with Gasteiger partial charge in [-0.1, -0.05) is 0 Å². The molecule has 1 aliphatic heterocycles. The standard InChI is InChI=1S/C22H23FN4O2/c1-14-20(18-13-16(23)5-8-19(18)24-14)21(28)25-17-6-3-15(4-7-17)22(29)27-11-9-26(2)10-12-27/h3-8,13,24H,9-12H2,1-2H3,(H,25,28). The second-order valence-corrected chi connectivity index (χ2v) is 7.44. The van der Waals surface area contributed by atoms with E-state index in [-0.39, 0.29) is 11.8 Å². The van der Waals surface area contributed by atoms with E-state index < -0.39 is 5.82 Å². The maximum atomic E-state index is 13.6. The van der Waals surface area contributed by atoms with Crippen LogP contribution in [0.15, 0.2) is 42.5 Å². The predicted molar refractivity (Wildman–Crippen MR) is 111 cm³/mol. The molecular formula is C22H23FN4O2. The van der Waals surface area contributed by atoms with E-state index in [2.05, 4.69) is 15.2 Å². The molecule has 4 rings (SSSR count). The smallest absolute Gasteiger partial charge is 0.258 e. The first-order valence-corrected chi connectivity index (χ1v) is 9.59. The summed E-state index contributed by atoms with van der Waals surface area (Å²) in [6.07, 6.45) is 0. The lowest BCUT2D eigenvalue weighted by molar-refractivity contribution is 0.0664. The number of hydrogen-bond acceptors (Lipinski definition) is 3. The third-order valence-corrected chi connectivity index (χ3v) is 5.36. The average Bonchev–Trinajstić information content (AvgIpc) is 3.03. The Labute approximate surface area is 168 Å². The molecule has 0 radical (unpaired) electrons. The monoisotopic (exact) mass is 394 g/mol. The van der Waals surface area contributed by atoms with E-state index in [0.29, 0.717) is 46.5 Å². The molecular weight excluding hydrogens is 371 g/mol. The minimum absolute atomic E-state index is 0.000996. The van der Waals surface area contributed by atoms with Crippen LogP contribution in [-0.4, -0.2) is 59.8 Å². The molecule has 0 saturated carbocycles. The van der Waals surface area contributed by atoms with Crippen LogP contribution < -0.4 is 5.32 Å². The first-order valence-electron chi connectivity index (χ1n) is 9.59. The highest BCUT2D eigenvalue weighted by molar-refractivity contribution is 6.14. The number of hydrogen-bond donors (Lipinski definition) is 2. The highest BCUT2D eigenvalue weighted by Crippen LogP contribution is 2.24. The fraction of sp³-hybridized carbons (Fsp3) is 0.273. The van der Waals surface area contributed by atoms with Gasteiger partial charge >= 0.3 is 0 Å². The van der Waals surface area contributed by atoms with Crippen LogP contribution in [0.2, 0.25) is 0 Å². The number of halogens is 1. The van der Waals surface area contributed by atoms with E-state index in [1.54, 1.807) is 37.3 Å². The molecule has 6 nitrogen and oxygen atoms in total. The molecule has 0 unspecified atom stereocenters. The van der Waals surface area contributed by atoms with Crippen LogP contribution in [0.25, 0.3) is 10.9 Å². The summed E-state index contributed by atoms with van der Waals surface area (Å²) in [4.78, 5) is 32.6. The molecule has 7 heteroatoms. The van der Waals surface area contributed by atoms with Crippen molar-refractivity contribution in [1.29, 1.82) is 0 Å². The van der Waals surface area contributed by atoms with Crippen molar-refractivity contribution in [2.24, 2.45) is 0 Å². The van der Waals surface area contributed by atoms with Crippen molar-refractivity contribution in [3.8, 4) is 0 Å². The van der Waals surface area contributed by atoms with Gasteiger partial charge in [0.25, 0.3) is 11.8 Å². The summed E-state index contributed by atoms with van der Waals surface area (Å²) in [5, 5.41) is 3.38. The number of likely N-dealkylation sites (N-methyl/N-ethyl adjacent to an activating group) is 1. The Balaban J connectivity index is 1.49. The zero-order valence-corrected chi connectivity index (χ0v) is 16.5. The number of fused-ring (bicyclic) bond motifs is 1. The number of benzene rings is 2. The fourth-order valence-corrected chi connectivity index (χ4v) is 3.67. The van der Waals surface area contributed by atoms with Crippen LogP contribution in [0.4, 0.5) is 10.1 Å². The van der Waals surface area contributed by atoms with Crippen LogP contribution in [0, 0.1) is 12.7 Å². The van der Waals surface area contributed by atoms with E-state index >= 15 is 0 Å². The van der Waals surface area contributed by atoms with Gasteiger partial charge in [0.2, 0.25) is 0 Å². The van der Waals surface area contributed by atoms with Crippen molar-refractivity contribution < 1.29 is 14.0 Å². The van der Waals surface area contributed by atoms with Crippen LogP contribution in [0.3, 0.4) is 0 Å². The Morgan fingerprint density at radius 1 is 1.03 bits per heavy atom. The Kier molecular flexibility index (Phi) is 5.07. The molecule has 2 aromatic carbocycles. The van der Waals surface area contributed by atoms with Crippen molar-refractivity contribution in [1.82, 2.24) is 14.8 Å². The second-order valence-electron chi connectivity index (χ2n) is 7.44. The number of anilines is 1. The lowest BCUT2D eigenvalue weighted by Gasteiger charge is -2.32. The lowest BCUT2D eigenvalue weighted by Crippen LogP contribution is -2.47. The van der Waals surface area contributed by atoms with Crippen LogP contribution in [0.5, 0.6) is 0 Å². The van der Waals surface area contributed by atoms with E-state index in [1.165, 1.54) is 12.1 Å². The normalized spacial score (nSPS) is 14.9. The molecule has 1 aliphatic rings. The Hall–Kier alpha value is -3.19. The van der Waals surface area contributed by atoms with Gasteiger partial charge in [0.05, 0.1) is 5.56 Å². The average molecular weight is 394 g/mol. The number of aryl methyl sites for hydroxylation is 1. The summed E-state index contributed by atoms with van der Waals surface area (Å²) < 4.78 is 13.6. The van der Waals surface area contributed by atoms with Gasteiger partial charge in [-0.25, -0.2) is 4.39 Å². The molecule has 0 atom stereocenters. The van der Waals surface area contributed by atoms with Crippen LogP contribution in [-0.2, 0) is 0 Å². The maximum Gasteiger partial charge on any atom is 0.258 e. The van der Waals surface area contributed by atoms with E-state index in [1.807, 2.05) is 11.9 Å². The molecule has 1 saturated heterocycles. The van der Waals surface area contributed by atoms with Crippen molar-refractivity contribution >= 4 is 28.4 Å². The van der Waals surface area contributed by atoms with Crippen molar-refractivity contribution in [2.75, 3.05) is 38.5 Å². The van der Waals surface area contributed by atoms with Gasteiger partial charge in [-0.05, 0) is 56.4 Å². The van der Waals surface area contributed by atoms with Gasteiger partial charge in [-0.15, -0.1) is 0 Å². The summed E-state index contributed by atoms with van der Waals surface area (Å²) >= 11 is 0. The molecule has 2 amide bonds. The molecule has 2 heterocycles. The van der Waals surface area contributed by atoms with Crippen molar-refractivity contribution in [3.05, 3.63) is 65.1 Å². The highest BCUT2D eigenvalue weighted by Gasteiger charge is 2.21. The number of carbonyl (C=O) groups is 2. The van der Waals surface area contributed by atoms with Crippen LogP contribution >= 0.6 is 0 Å². The Morgan fingerprint density at radius 2 is 1.72 bits per heavy atom. The quantitative estimate of drug-likeness (QED) is 0.717. The number of rotatable bonds is 3. The maximum absolute atomic E-state index is 13.6. The molecule has 2 N–H and O–H groups in total. The summed E-state index contributed by atoms with van der Waals surface area (Å²) in [7, 11) is 2.04.